The molecule has 0 radical (unpaired) electrons. The normalized spacial score (nSPS) is 17.4. The average molecular weight is 307 g/mol. The van der Waals surface area contributed by atoms with Crippen molar-refractivity contribution in [1.29, 1.82) is 0 Å². The van der Waals surface area contributed by atoms with Crippen LogP contribution < -0.4 is 5.32 Å². The average Bonchev–Trinajstić information content (AvgIpc) is 2.92. The number of hydrogen-bond acceptors (Lipinski definition) is 3. The number of aromatic nitrogens is 2. The second-order valence-electron chi connectivity index (χ2n) is 6.28. The molecule has 0 amide bonds. The summed E-state index contributed by atoms with van der Waals surface area (Å²) in [5.41, 5.74) is 2.12. The number of aliphatic carboxylic acids is 1. The van der Waals surface area contributed by atoms with E-state index in [-0.39, 0.29) is 0 Å². The molecule has 0 saturated carbocycles. The van der Waals surface area contributed by atoms with E-state index in [4.69, 9.17) is 5.11 Å². The van der Waals surface area contributed by atoms with Crippen LogP contribution in [0.1, 0.15) is 69.7 Å². The fraction of sp³-hybridized carbons (Fsp3) is 0.765. The molecule has 0 fully saturated rings. The van der Waals surface area contributed by atoms with Crippen LogP contribution in [0.5, 0.6) is 0 Å². The molecule has 124 valence electrons. The van der Waals surface area contributed by atoms with E-state index >= 15 is 0 Å². The number of rotatable bonds is 10. The maximum absolute atomic E-state index is 11.0. The molecular weight excluding hydrogens is 278 g/mol. The largest absolute Gasteiger partial charge is 0.480 e. The van der Waals surface area contributed by atoms with Crippen LogP contribution in [0.15, 0.2) is 6.33 Å². The van der Waals surface area contributed by atoms with Gasteiger partial charge in [0.25, 0.3) is 0 Å². The fourth-order valence-electron chi connectivity index (χ4n) is 3.09. The monoisotopic (exact) mass is 307 g/mol. The summed E-state index contributed by atoms with van der Waals surface area (Å²) in [6, 6.07) is -0.487. The highest BCUT2D eigenvalue weighted by molar-refractivity contribution is 5.74. The zero-order chi connectivity index (χ0) is 15.8. The van der Waals surface area contributed by atoms with Crippen molar-refractivity contribution in [2.45, 2.75) is 83.8 Å². The standard InChI is InChI=1S/C17H29N3O2/c1-2-3-4-5-6-7-8-9-10-20-13-19-14-11-15(17(21)22)18-12-16(14)20/h13,15,18H,2-12H2,1H3,(H,21,22)/t15-/m0/s1. The molecule has 1 aliphatic rings. The quantitative estimate of drug-likeness (QED) is 0.652. The summed E-state index contributed by atoms with van der Waals surface area (Å²) in [5.74, 6) is -0.789. The number of carboxylic acids is 1. The van der Waals surface area contributed by atoms with E-state index in [1.807, 2.05) is 6.33 Å². The van der Waals surface area contributed by atoms with Crippen LogP contribution >= 0.6 is 0 Å². The van der Waals surface area contributed by atoms with Gasteiger partial charge in [-0.3, -0.25) is 10.1 Å². The van der Waals surface area contributed by atoms with Crippen LogP contribution in [-0.4, -0.2) is 26.7 Å². The highest BCUT2D eigenvalue weighted by atomic mass is 16.4. The van der Waals surface area contributed by atoms with Crippen molar-refractivity contribution in [3.8, 4) is 0 Å². The maximum atomic E-state index is 11.0. The molecule has 0 bridgehead atoms. The zero-order valence-electron chi connectivity index (χ0n) is 13.7. The van der Waals surface area contributed by atoms with Gasteiger partial charge in [0.15, 0.2) is 0 Å². The minimum absolute atomic E-state index is 0.487. The molecule has 22 heavy (non-hydrogen) atoms. The van der Waals surface area contributed by atoms with E-state index in [1.54, 1.807) is 0 Å². The Labute approximate surface area is 133 Å². The summed E-state index contributed by atoms with van der Waals surface area (Å²) in [7, 11) is 0. The van der Waals surface area contributed by atoms with Crippen LogP contribution in [0.3, 0.4) is 0 Å². The molecule has 1 aliphatic heterocycles. The molecular formula is C17H29N3O2. The summed E-state index contributed by atoms with van der Waals surface area (Å²) in [6.45, 7) is 3.86. The Morgan fingerprint density at radius 1 is 1.27 bits per heavy atom. The summed E-state index contributed by atoms with van der Waals surface area (Å²) in [4.78, 5) is 15.4. The molecule has 2 rings (SSSR count). The van der Waals surface area contributed by atoms with Crippen molar-refractivity contribution >= 4 is 5.97 Å². The van der Waals surface area contributed by atoms with Gasteiger partial charge in [-0.25, -0.2) is 4.98 Å². The number of unbranched alkanes of at least 4 members (excludes halogenated alkanes) is 7. The first kappa shape index (κ1) is 17.0. The van der Waals surface area contributed by atoms with Crippen LogP contribution in [0.2, 0.25) is 0 Å². The minimum Gasteiger partial charge on any atom is -0.480 e. The Balaban J connectivity index is 1.66. The van der Waals surface area contributed by atoms with Gasteiger partial charge >= 0.3 is 5.97 Å². The van der Waals surface area contributed by atoms with Gasteiger partial charge in [-0.15, -0.1) is 0 Å². The van der Waals surface area contributed by atoms with Gasteiger partial charge in [0.1, 0.15) is 6.04 Å². The number of carboxylic acid groups (broad SMARTS) is 1. The fourth-order valence-corrected chi connectivity index (χ4v) is 3.09. The van der Waals surface area contributed by atoms with Crippen LogP contribution in [0.4, 0.5) is 0 Å². The first-order valence-corrected chi connectivity index (χ1v) is 8.71. The van der Waals surface area contributed by atoms with Crippen LogP contribution in [0, 0.1) is 0 Å². The van der Waals surface area contributed by atoms with E-state index in [0.717, 1.165) is 12.2 Å². The van der Waals surface area contributed by atoms with Gasteiger partial charge in [0.05, 0.1) is 17.7 Å². The lowest BCUT2D eigenvalue weighted by Gasteiger charge is -2.21. The topological polar surface area (TPSA) is 67.2 Å². The first-order chi connectivity index (χ1) is 10.7. The second kappa shape index (κ2) is 8.93. The molecule has 5 heteroatoms. The van der Waals surface area contributed by atoms with E-state index in [0.29, 0.717) is 13.0 Å². The number of hydrogen-bond donors (Lipinski definition) is 2. The molecule has 2 heterocycles. The van der Waals surface area contributed by atoms with Crippen LogP contribution in [-0.2, 0) is 24.3 Å². The Kier molecular flexibility index (Phi) is 6.90. The molecule has 2 N–H and O–H groups in total. The number of nitrogens with one attached hydrogen (secondary N) is 1. The maximum Gasteiger partial charge on any atom is 0.321 e. The molecule has 5 nitrogen and oxygen atoms in total. The smallest absolute Gasteiger partial charge is 0.321 e. The Morgan fingerprint density at radius 2 is 1.95 bits per heavy atom. The molecule has 0 aromatic carbocycles. The first-order valence-electron chi connectivity index (χ1n) is 8.71. The SMILES string of the molecule is CCCCCCCCCCn1cnc2c1CN[C@H](C(=O)O)C2. The summed E-state index contributed by atoms with van der Waals surface area (Å²) < 4.78 is 2.19. The third kappa shape index (κ3) is 4.83. The summed E-state index contributed by atoms with van der Waals surface area (Å²) >= 11 is 0. The highest BCUT2D eigenvalue weighted by Crippen LogP contribution is 2.17. The van der Waals surface area contributed by atoms with Crippen LogP contribution in [0.25, 0.3) is 0 Å². The number of fused-ring (bicyclic) bond motifs is 1. The minimum atomic E-state index is -0.789. The molecule has 0 aliphatic carbocycles. The Hall–Kier alpha value is -1.36. The predicted octanol–water partition coefficient (Wildman–Crippen LogP) is 3.12. The summed E-state index contributed by atoms with van der Waals surface area (Å²) in [6.07, 6.45) is 12.9. The van der Waals surface area contributed by atoms with Gasteiger partial charge < -0.3 is 9.67 Å². The van der Waals surface area contributed by atoms with Gasteiger partial charge in [0.2, 0.25) is 0 Å². The van der Waals surface area contributed by atoms with Gasteiger partial charge in [0, 0.05) is 19.5 Å². The highest BCUT2D eigenvalue weighted by Gasteiger charge is 2.26. The van der Waals surface area contributed by atoms with Crippen molar-refractivity contribution in [3.63, 3.8) is 0 Å². The number of carbonyl (C=O) groups is 1. The van der Waals surface area contributed by atoms with Crippen molar-refractivity contribution in [1.82, 2.24) is 14.9 Å². The van der Waals surface area contributed by atoms with Crippen molar-refractivity contribution in [3.05, 3.63) is 17.7 Å². The molecule has 0 spiro atoms. The van der Waals surface area contributed by atoms with Crippen molar-refractivity contribution in [2.75, 3.05) is 0 Å². The van der Waals surface area contributed by atoms with E-state index in [1.165, 1.54) is 57.1 Å². The third-order valence-corrected chi connectivity index (χ3v) is 4.50. The van der Waals surface area contributed by atoms with Crippen molar-refractivity contribution < 1.29 is 9.90 Å². The van der Waals surface area contributed by atoms with Gasteiger partial charge in [-0.05, 0) is 6.42 Å². The number of aryl methyl sites for hydroxylation is 1. The van der Waals surface area contributed by atoms with E-state index < -0.39 is 12.0 Å². The second-order valence-corrected chi connectivity index (χ2v) is 6.28. The number of imidazole rings is 1. The molecule has 0 unspecified atom stereocenters. The van der Waals surface area contributed by atoms with Gasteiger partial charge in [-0.2, -0.15) is 0 Å². The molecule has 1 aromatic heterocycles. The van der Waals surface area contributed by atoms with E-state index in [2.05, 4.69) is 21.8 Å². The zero-order valence-corrected chi connectivity index (χ0v) is 13.7. The molecule has 1 aromatic rings. The lowest BCUT2D eigenvalue weighted by atomic mass is 10.1. The predicted molar refractivity (Wildman–Crippen MR) is 86.8 cm³/mol. The van der Waals surface area contributed by atoms with E-state index in [9.17, 15) is 4.79 Å². The molecule has 1 atom stereocenters. The number of nitrogens with zero attached hydrogens (tertiary/aromatic N) is 2. The Bertz CT molecular complexity index is 470. The third-order valence-electron chi connectivity index (χ3n) is 4.50. The van der Waals surface area contributed by atoms with Crippen molar-refractivity contribution in [2.24, 2.45) is 0 Å². The lowest BCUT2D eigenvalue weighted by molar-refractivity contribution is -0.139. The lowest BCUT2D eigenvalue weighted by Crippen LogP contribution is -2.42. The Morgan fingerprint density at radius 3 is 2.64 bits per heavy atom. The summed E-state index contributed by atoms with van der Waals surface area (Å²) in [5, 5.41) is 12.1. The molecule has 0 saturated heterocycles. The van der Waals surface area contributed by atoms with Gasteiger partial charge in [-0.1, -0.05) is 51.9 Å².